The molecule has 98 valence electrons. The fraction of sp³-hybridized carbons (Fsp3) is 0.625. The van der Waals surface area contributed by atoms with Crippen molar-refractivity contribution < 1.29 is 5.11 Å². The Hall–Kier alpha value is -1.02. The number of rotatable bonds is 2. The highest BCUT2D eigenvalue weighted by atomic mass is 16.3. The van der Waals surface area contributed by atoms with Crippen LogP contribution in [0.25, 0.3) is 0 Å². The molecule has 3 atom stereocenters. The average molecular weight is 245 g/mol. The van der Waals surface area contributed by atoms with E-state index in [4.69, 9.17) is 0 Å². The predicted molar refractivity (Wildman–Crippen MR) is 74.6 cm³/mol. The number of para-hydroxylation sites is 1. The van der Waals surface area contributed by atoms with Crippen LogP contribution in [0.4, 0.5) is 5.69 Å². The Bertz CT molecular complexity index is 389. The summed E-state index contributed by atoms with van der Waals surface area (Å²) in [5, 5.41) is 14.6. The lowest BCUT2D eigenvalue weighted by atomic mass is 9.65. The van der Waals surface area contributed by atoms with Gasteiger partial charge >= 0.3 is 0 Å². The van der Waals surface area contributed by atoms with Gasteiger partial charge in [-0.1, -0.05) is 37.5 Å². The van der Waals surface area contributed by atoms with E-state index in [2.05, 4.69) is 17.4 Å². The molecule has 0 bridgehead atoms. The summed E-state index contributed by atoms with van der Waals surface area (Å²) in [5.41, 5.74) is 0.675. The number of hydrogen-bond acceptors (Lipinski definition) is 2. The second-order valence-corrected chi connectivity index (χ2v) is 5.93. The van der Waals surface area contributed by atoms with Gasteiger partial charge in [-0.2, -0.15) is 0 Å². The maximum Gasteiger partial charge on any atom is 0.0875 e. The van der Waals surface area contributed by atoms with Crippen LogP contribution in [0, 0.1) is 5.92 Å². The van der Waals surface area contributed by atoms with Gasteiger partial charge in [-0.3, -0.25) is 0 Å². The minimum atomic E-state index is -0.466. The molecule has 0 saturated heterocycles. The average Bonchev–Trinajstić information content (AvgIpc) is 2.41. The van der Waals surface area contributed by atoms with Crippen molar-refractivity contribution in [3.8, 4) is 0 Å². The molecule has 0 heterocycles. The van der Waals surface area contributed by atoms with Gasteiger partial charge in [0, 0.05) is 5.69 Å². The van der Waals surface area contributed by atoms with E-state index in [1.807, 2.05) is 18.2 Å². The highest BCUT2D eigenvalue weighted by molar-refractivity contribution is 5.44. The van der Waals surface area contributed by atoms with E-state index >= 15 is 0 Å². The SMILES string of the molecule is O[C@@]12CCCC[C@@H]1CCC[C@@H]2Nc1ccccc1. The van der Waals surface area contributed by atoms with Crippen molar-refractivity contribution in [2.75, 3.05) is 5.32 Å². The quantitative estimate of drug-likeness (QED) is 0.835. The molecule has 0 unspecified atom stereocenters. The Balaban J connectivity index is 1.78. The number of fused-ring (bicyclic) bond motifs is 1. The third-order valence-corrected chi connectivity index (χ3v) is 4.85. The molecular weight excluding hydrogens is 222 g/mol. The van der Waals surface area contributed by atoms with E-state index in [-0.39, 0.29) is 6.04 Å². The molecule has 2 nitrogen and oxygen atoms in total. The molecule has 0 radical (unpaired) electrons. The molecule has 1 aromatic carbocycles. The summed E-state index contributed by atoms with van der Waals surface area (Å²) in [6.45, 7) is 0. The molecule has 2 N–H and O–H groups in total. The minimum Gasteiger partial charge on any atom is -0.387 e. The Morgan fingerprint density at radius 1 is 1.00 bits per heavy atom. The van der Waals surface area contributed by atoms with Crippen LogP contribution in [-0.4, -0.2) is 16.7 Å². The van der Waals surface area contributed by atoms with E-state index in [0.29, 0.717) is 5.92 Å². The molecule has 2 heteroatoms. The number of nitrogens with one attached hydrogen (secondary N) is 1. The molecule has 0 amide bonds. The van der Waals surface area contributed by atoms with Gasteiger partial charge in [0.15, 0.2) is 0 Å². The van der Waals surface area contributed by atoms with Crippen molar-refractivity contribution in [1.82, 2.24) is 0 Å². The van der Waals surface area contributed by atoms with Crippen LogP contribution < -0.4 is 5.32 Å². The van der Waals surface area contributed by atoms with Gasteiger partial charge in [0.2, 0.25) is 0 Å². The zero-order chi connectivity index (χ0) is 12.4. The van der Waals surface area contributed by atoms with Crippen molar-refractivity contribution in [3.63, 3.8) is 0 Å². The minimum absolute atomic E-state index is 0.235. The molecule has 3 rings (SSSR count). The molecule has 0 aliphatic heterocycles. The summed E-state index contributed by atoms with van der Waals surface area (Å²) in [6.07, 6.45) is 8.22. The van der Waals surface area contributed by atoms with Crippen molar-refractivity contribution in [2.45, 2.75) is 56.6 Å². The van der Waals surface area contributed by atoms with Gasteiger partial charge < -0.3 is 10.4 Å². The maximum absolute atomic E-state index is 11.0. The van der Waals surface area contributed by atoms with Crippen LogP contribution in [-0.2, 0) is 0 Å². The first-order valence-corrected chi connectivity index (χ1v) is 7.33. The molecule has 0 aromatic heterocycles. The van der Waals surface area contributed by atoms with Crippen molar-refractivity contribution in [3.05, 3.63) is 30.3 Å². The van der Waals surface area contributed by atoms with E-state index < -0.39 is 5.60 Å². The standard InChI is InChI=1S/C16H23NO/c18-16-12-5-4-7-13(16)8-6-11-15(16)17-14-9-2-1-3-10-14/h1-3,9-10,13,15,17-18H,4-8,11-12H2/t13-,15+,16+/m1/s1. The summed E-state index contributed by atoms with van der Waals surface area (Å²) >= 11 is 0. The Kier molecular flexibility index (Phi) is 3.29. The van der Waals surface area contributed by atoms with Gasteiger partial charge in [-0.05, 0) is 43.7 Å². The third kappa shape index (κ3) is 2.14. The van der Waals surface area contributed by atoms with Gasteiger partial charge in [-0.25, -0.2) is 0 Å². The summed E-state index contributed by atoms with van der Waals surface area (Å²) in [6, 6.07) is 10.6. The van der Waals surface area contributed by atoms with E-state index in [1.165, 1.54) is 32.1 Å². The van der Waals surface area contributed by atoms with Crippen molar-refractivity contribution in [1.29, 1.82) is 0 Å². The van der Waals surface area contributed by atoms with Gasteiger partial charge in [0.25, 0.3) is 0 Å². The lowest BCUT2D eigenvalue weighted by Gasteiger charge is -2.49. The van der Waals surface area contributed by atoms with Crippen molar-refractivity contribution >= 4 is 5.69 Å². The molecule has 0 spiro atoms. The largest absolute Gasteiger partial charge is 0.387 e. The topological polar surface area (TPSA) is 32.3 Å². The number of aliphatic hydroxyl groups is 1. The first-order chi connectivity index (χ1) is 8.79. The predicted octanol–water partition coefficient (Wildman–Crippen LogP) is 3.57. The van der Waals surface area contributed by atoms with Crippen LogP contribution >= 0.6 is 0 Å². The first kappa shape index (κ1) is 12.0. The molecular formula is C16H23NO. The highest BCUT2D eigenvalue weighted by Crippen LogP contribution is 2.44. The fourth-order valence-electron chi connectivity index (χ4n) is 3.86. The van der Waals surface area contributed by atoms with Crippen LogP contribution in [0.15, 0.2) is 30.3 Å². The Morgan fingerprint density at radius 3 is 2.61 bits per heavy atom. The monoisotopic (exact) mass is 245 g/mol. The van der Waals surface area contributed by atoms with Crippen LogP contribution in [0.2, 0.25) is 0 Å². The highest BCUT2D eigenvalue weighted by Gasteiger charge is 2.47. The molecule has 2 aliphatic carbocycles. The van der Waals surface area contributed by atoms with Gasteiger partial charge in [0.1, 0.15) is 0 Å². The number of anilines is 1. The molecule has 2 aliphatic rings. The Morgan fingerprint density at radius 2 is 1.78 bits per heavy atom. The maximum atomic E-state index is 11.0. The van der Waals surface area contributed by atoms with Crippen LogP contribution in [0.5, 0.6) is 0 Å². The van der Waals surface area contributed by atoms with E-state index in [1.54, 1.807) is 0 Å². The molecule has 2 saturated carbocycles. The number of benzene rings is 1. The molecule has 2 fully saturated rings. The Labute approximate surface area is 109 Å². The number of hydrogen-bond donors (Lipinski definition) is 2. The molecule has 1 aromatic rings. The summed E-state index contributed by atoms with van der Waals surface area (Å²) < 4.78 is 0. The summed E-state index contributed by atoms with van der Waals surface area (Å²) in [5.74, 6) is 0.515. The zero-order valence-corrected chi connectivity index (χ0v) is 10.9. The first-order valence-electron chi connectivity index (χ1n) is 7.33. The molecule has 18 heavy (non-hydrogen) atoms. The third-order valence-electron chi connectivity index (χ3n) is 4.85. The van der Waals surface area contributed by atoms with E-state index in [9.17, 15) is 5.11 Å². The van der Waals surface area contributed by atoms with Gasteiger partial charge in [-0.15, -0.1) is 0 Å². The second kappa shape index (κ2) is 4.93. The summed E-state index contributed by atoms with van der Waals surface area (Å²) in [7, 11) is 0. The van der Waals surface area contributed by atoms with Crippen molar-refractivity contribution in [2.24, 2.45) is 5.92 Å². The van der Waals surface area contributed by atoms with Crippen LogP contribution in [0.1, 0.15) is 44.9 Å². The second-order valence-electron chi connectivity index (χ2n) is 5.93. The smallest absolute Gasteiger partial charge is 0.0875 e. The zero-order valence-electron chi connectivity index (χ0n) is 10.9. The van der Waals surface area contributed by atoms with E-state index in [0.717, 1.165) is 18.5 Å². The lowest BCUT2D eigenvalue weighted by Crippen LogP contribution is -2.56. The lowest BCUT2D eigenvalue weighted by molar-refractivity contribution is -0.0835. The van der Waals surface area contributed by atoms with Crippen LogP contribution in [0.3, 0.4) is 0 Å². The summed E-state index contributed by atoms with van der Waals surface area (Å²) in [4.78, 5) is 0. The van der Waals surface area contributed by atoms with Gasteiger partial charge in [0.05, 0.1) is 11.6 Å². The fourth-order valence-corrected chi connectivity index (χ4v) is 3.86. The normalized spacial score (nSPS) is 35.8.